The van der Waals surface area contributed by atoms with Gasteiger partial charge in [-0.15, -0.1) is 0 Å². The van der Waals surface area contributed by atoms with E-state index in [2.05, 4.69) is 10.1 Å². The van der Waals surface area contributed by atoms with Gasteiger partial charge in [0, 0.05) is 6.42 Å². The summed E-state index contributed by atoms with van der Waals surface area (Å²) in [5, 5.41) is 12.3. The molecule has 0 aliphatic carbocycles. The van der Waals surface area contributed by atoms with Crippen LogP contribution in [0.1, 0.15) is 22.8 Å². The zero-order valence-corrected chi connectivity index (χ0v) is 9.81. The van der Waals surface area contributed by atoms with Crippen molar-refractivity contribution in [3.63, 3.8) is 0 Å². The van der Waals surface area contributed by atoms with E-state index in [0.29, 0.717) is 0 Å². The average Bonchev–Trinajstić information content (AvgIpc) is 2.76. The Morgan fingerprint density at radius 2 is 1.95 bits per heavy atom. The van der Waals surface area contributed by atoms with Crippen LogP contribution in [-0.2, 0) is 19.0 Å². The fourth-order valence-corrected chi connectivity index (χ4v) is 1.68. The Labute approximate surface area is 106 Å². The second kappa shape index (κ2) is 5.40. The first-order valence-corrected chi connectivity index (χ1v) is 5.58. The highest BCUT2D eigenvalue weighted by Gasteiger charge is 2.33. The van der Waals surface area contributed by atoms with Gasteiger partial charge in [0.1, 0.15) is 0 Å². The summed E-state index contributed by atoms with van der Waals surface area (Å²) in [7, 11) is 0. The smallest absolute Gasteiger partial charge is 0.396 e. The number of hydrogen-bond donors (Lipinski definition) is 1. The molecule has 19 heavy (non-hydrogen) atoms. The molecule has 0 bridgehead atoms. The summed E-state index contributed by atoms with van der Waals surface area (Å²) in [5.74, 6) is 0.377. The van der Waals surface area contributed by atoms with Crippen LogP contribution < -0.4 is 0 Å². The van der Waals surface area contributed by atoms with E-state index in [1.54, 1.807) is 0 Å². The highest BCUT2D eigenvalue weighted by atomic mass is 19.4. The first kappa shape index (κ1) is 13.5. The van der Waals surface area contributed by atoms with Crippen molar-refractivity contribution in [1.29, 1.82) is 0 Å². The second-order valence-corrected chi connectivity index (χ2v) is 3.91. The molecule has 1 aromatic heterocycles. The first-order valence-electron chi connectivity index (χ1n) is 5.58. The molecule has 7 heteroatoms. The minimum absolute atomic E-state index is 0.0780. The van der Waals surface area contributed by atoms with Crippen molar-refractivity contribution in [2.75, 3.05) is 6.61 Å². The fourth-order valence-electron chi connectivity index (χ4n) is 1.68. The summed E-state index contributed by atoms with van der Waals surface area (Å²) in [6.45, 7) is -0.141. The van der Waals surface area contributed by atoms with Gasteiger partial charge in [-0.25, -0.2) is 0 Å². The fraction of sp³-hybridized carbons (Fsp3) is 0.333. The molecule has 2 rings (SSSR count). The predicted molar refractivity (Wildman–Crippen MR) is 59.3 cm³/mol. The monoisotopic (exact) mass is 272 g/mol. The number of aromatic nitrogens is 2. The van der Waals surface area contributed by atoms with Crippen LogP contribution in [0.15, 0.2) is 28.8 Å². The van der Waals surface area contributed by atoms with E-state index in [1.807, 2.05) is 0 Å². The molecule has 0 saturated heterocycles. The number of rotatable bonds is 4. The molecular formula is C12H11F3N2O2. The standard InChI is InChI=1S/C12H11F3N2O2/c13-12(14,15)9-4-2-1-3-8(9)7-11-16-10(5-6-18)17-19-11/h1-4,18H,5-7H2. The first-order chi connectivity index (χ1) is 9.00. The van der Waals surface area contributed by atoms with Crippen molar-refractivity contribution in [1.82, 2.24) is 10.1 Å². The molecule has 102 valence electrons. The molecule has 0 spiro atoms. The van der Waals surface area contributed by atoms with Crippen molar-refractivity contribution in [2.45, 2.75) is 19.0 Å². The number of alkyl halides is 3. The third kappa shape index (κ3) is 3.31. The van der Waals surface area contributed by atoms with E-state index in [-0.39, 0.29) is 36.7 Å². The largest absolute Gasteiger partial charge is 0.416 e. The maximum Gasteiger partial charge on any atom is 0.416 e. The van der Waals surface area contributed by atoms with Gasteiger partial charge < -0.3 is 9.63 Å². The summed E-state index contributed by atoms with van der Waals surface area (Å²) < 4.78 is 43.2. The van der Waals surface area contributed by atoms with Crippen LogP contribution in [0.5, 0.6) is 0 Å². The molecule has 4 nitrogen and oxygen atoms in total. The normalized spacial score (nSPS) is 11.8. The topological polar surface area (TPSA) is 59.2 Å². The molecule has 1 heterocycles. The highest BCUT2D eigenvalue weighted by molar-refractivity contribution is 5.31. The third-order valence-corrected chi connectivity index (χ3v) is 2.51. The van der Waals surface area contributed by atoms with E-state index in [1.165, 1.54) is 18.2 Å². The van der Waals surface area contributed by atoms with Crippen LogP contribution >= 0.6 is 0 Å². The lowest BCUT2D eigenvalue weighted by Crippen LogP contribution is -2.09. The van der Waals surface area contributed by atoms with Gasteiger partial charge in [0.05, 0.1) is 18.6 Å². The summed E-state index contributed by atoms with van der Waals surface area (Å²) in [4.78, 5) is 3.91. The minimum atomic E-state index is -4.41. The minimum Gasteiger partial charge on any atom is -0.396 e. The van der Waals surface area contributed by atoms with Gasteiger partial charge in [0.2, 0.25) is 5.89 Å². The Balaban J connectivity index is 2.23. The third-order valence-electron chi connectivity index (χ3n) is 2.51. The molecule has 1 aromatic carbocycles. The zero-order chi connectivity index (χ0) is 13.9. The van der Waals surface area contributed by atoms with Crippen molar-refractivity contribution in [2.24, 2.45) is 0 Å². The van der Waals surface area contributed by atoms with Gasteiger partial charge in [0.25, 0.3) is 0 Å². The van der Waals surface area contributed by atoms with Crippen molar-refractivity contribution in [3.8, 4) is 0 Å². The molecule has 0 amide bonds. The van der Waals surface area contributed by atoms with Gasteiger partial charge >= 0.3 is 6.18 Å². The molecule has 0 saturated carbocycles. The van der Waals surface area contributed by atoms with E-state index in [4.69, 9.17) is 9.63 Å². The van der Waals surface area contributed by atoms with Gasteiger partial charge in [-0.05, 0) is 11.6 Å². The van der Waals surface area contributed by atoms with Crippen molar-refractivity contribution in [3.05, 3.63) is 47.1 Å². The molecule has 0 fully saturated rings. The van der Waals surface area contributed by atoms with Crippen LogP contribution in [0.3, 0.4) is 0 Å². The van der Waals surface area contributed by atoms with E-state index in [0.717, 1.165) is 6.07 Å². The highest BCUT2D eigenvalue weighted by Crippen LogP contribution is 2.32. The van der Waals surface area contributed by atoms with E-state index >= 15 is 0 Å². The number of hydrogen-bond acceptors (Lipinski definition) is 4. The molecule has 0 aliphatic heterocycles. The molecule has 0 radical (unpaired) electrons. The Kier molecular flexibility index (Phi) is 3.84. The Hall–Kier alpha value is -1.89. The molecule has 0 unspecified atom stereocenters. The maximum absolute atomic E-state index is 12.8. The molecule has 2 aromatic rings. The van der Waals surface area contributed by atoms with Gasteiger partial charge in [0.15, 0.2) is 5.82 Å². The van der Waals surface area contributed by atoms with Crippen molar-refractivity contribution >= 4 is 0 Å². The number of aliphatic hydroxyl groups is 1. The lowest BCUT2D eigenvalue weighted by atomic mass is 10.0. The summed E-state index contributed by atoms with van der Waals surface area (Å²) in [6.07, 6.45) is -4.29. The lowest BCUT2D eigenvalue weighted by molar-refractivity contribution is -0.138. The Bertz CT molecular complexity index is 552. The van der Waals surface area contributed by atoms with Crippen LogP contribution in [0, 0.1) is 0 Å². The molecule has 1 N–H and O–H groups in total. The van der Waals surface area contributed by atoms with E-state index < -0.39 is 11.7 Å². The van der Waals surface area contributed by atoms with Crippen LogP contribution in [0.4, 0.5) is 13.2 Å². The molecule has 0 atom stereocenters. The maximum atomic E-state index is 12.8. The average molecular weight is 272 g/mol. The van der Waals surface area contributed by atoms with Crippen LogP contribution in [0.2, 0.25) is 0 Å². The van der Waals surface area contributed by atoms with Gasteiger partial charge in [-0.1, -0.05) is 23.4 Å². The Morgan fingerprint density at radius 1 is 1.21 bits per heavy atom. The van der Waals surface area contributed by atoms with Gasteiger partial charge in [-0.2, -0.15) is 18.2 Å². The van der Waals surface area contributed by atoms with E-state index in [9.17, 15) is 13.2 Å². The number of benzene rings is 1. The van der Waals surface area contributed by atoms with Gasteiger partial charge in [-0.3, -0.25) is 0 Å². The van der Waals surface area contributed by atoms with Crippen LogP contribution in [-0.4, -0.2) is 21.9 Å². The lowest BCUT2D eigenvalue weighted by Gasteiger charge is -2.10. The predicted octanol–water partition coefficient (Wildman–Crippen LogP) is 2.21. The molecular weight excluding hydrogens is 261 g/mol. The van der Waals surface area contributed by atoms with Crippen LogP contribution in [0.25, 0.3) is 0 Å². The SMILES string of the molecule is OCCc1noc(Cc2ccccc2C(F)(F)F)n1. The number of nitrogens with zero attached hydrogens (tertiary/aromatic N) is 2. The quantitative estimate of drug-likeness (QED) is 0.927. The number of halogens is 3. The summed E-state index contributed by atoms with van der Waals surface area (Å²) in [6, 6.07) is 5.24. The zero-order valence-electron chi connectivity index (χ0n) is 9.81. The summed E-state index contributed by atoms with van der Waals surface area (Å²) in [5.41, 5.74) is -0.633. The number of aliphatic hydroxyl groups excluding tert-OH is 1. The summed E-state index contributed by atoms with van der Waals surface area (Å²) >= 11 is 0. The molecule has 0 aliphatic rings. The van der Waals surface area contributed by atoms with Crippen molar-refractivity contribution < 1.29 is 22.8 Å². The second-order valence-electron chi connectivity index (χ2n) is 3.91. The Morgan fingerprint density at radius 3 is 2.63 bits per heavy atom.